The van der Waals surface area contributed by atoms with E-state index in [-0.39, 0.29) is 5.78 Å². The molecule has 0 amide bonds. The largest absolute Gasteiger partial charge is 0.465 e. The van der Waals surface area contributed by atoms with E-state index >= 15 is 0 Å². The third-order valence-corrected chi connectivity index (χ3v) is 6.36. The van der Waals surface area contributed by atoms with E-state index in [1.165, 1.54) is 18.9 Å². The Morgan fingerprint density at radius 3 is 2.53 bits per heavy atom. The first-order valence-electron chi connectivity index (χ1n) is 10.4. The van der Waals surface area contributed by atoms with Crippen LogP contribution in [0.5, 0.6) is 0 Å². The van der Waals surface area contributed by atoms with Crippen LogP contribution < -0.4 is 0 Å². The number of ketones is 1. The van der Waals surface area contributed by atoms with Crippen molar-refractivity contribution < 1.29 is 23.9 Å². The average Bonchev–Trinajstić information content (AvgIpc) is 3.27. The summed E-state index contributed by atoms with van der Waals surface area (Å²) < 4.78 is 11.9. The van der Waals surface area contributed by atoms with Gasteiger partial charge in [0.1, 0.15) is 0 Å². The Morgan fingerprint density at radius 2 is 1.91 bits per heavy atom. The maximum Gasteiger partial charge on any atom is 0.339 e. The summed E-state index contributed by atoms with van der Waals surface area (Å²) in [6, 6.07) is 5.27. The Kier molecular flexibility index (Phi) is 7.08. The summed E-state index contributed by atoms with van der Waals surface area (Å²) in [7, 11) is 1.32. The van der Waals surface area contributed by atoms with Crippen LogP contribution in [0.1, 0.15) is 63.2 Å². The van der Waals surface area contributed by atoms with E-state index in [2.05, 4.69) is 9.97 Å². The van der Waals surface area contributed by atoms with E-state index in [1.807, 2.05) is 24.5 Å². The minimum Gasteiger partial charge on any atom is -0.465 e. The minimum absolute atomic E-state index is 0.132. The molecule has 170 valence electrons. The van der Waals surface area contributed by atoms with Gasteiger partial charge < -0.3 is 19.0 Å². The number of methoxy groups -OCH3 is 1. The number of hydrogen-bond acceptors (Lipinski definition) is 7. The molecule has 32 heavy (non-hydrogen) atoms. The standard InChI is InChI=1S/C23H27N3O5S/c1-7-26-17-10-9-15(21(28)31-8-2)11-16(17)25-23(26)32-14(5)20(27)19-12(3)18(13(4)24-19)22(29)30-6/h9-11,14,24H,7-8H2,1-6H3/t14-/m1/s1. The van der Waals surface area contributed by atoms with Crippen LogP contribution in [0.2, 0.25) is 0 Å². The molecule has 0 radical (unpaired) electrons. The lowest BCUT2D eigenvalue weighted by atomic mass is 10.1. The van der Waals surface area contributed by atoms with Gasteiger partial charge in [-0.2, -0.15) is 0 Å². The monoisotopic (exact) mass is 457 g/mol. The van der Waals surface area contributed by atoms with Crippen LogP contribution in [0.25, 0.3) is 11.0 Å². The normalized spacial score (nSPS) is 12.1. The first-order chi connectivity index (χ1) is 15.2. The summed E-state index contributed by atoms with van der Waals surface area (Å²) in [6.45, 7) is 10.0. The maximum atomic E-state index is 13.2. The van der Waals surface area contributed by atoms with Crippen molar-refractivity contribution in [2.45, 2.75) is 51.6 Å². The molecule has 0 bridgehead atoms. The summed E-state index contributed by atoms with van der Waals surface area (Å²) in [5.41, 5.74) is 3.94. The van der Waals surface area contributed by atoms with Crippen LogP contribution in [-0.2, 0) is 16.0 Å². The van der Waals surface area contributed by atoms with Crippen LogP contribution in [0.4, 0.5) is 0 Å². The van der Waals surface area contributed by atoms with E-state index in [1.54, 1.807) is 32.9 Å². The number of Topliss-reactive ketones (excluding diaryl/α,β-unsaturated/α-hetero) is 1. The molecular formula is C23H27N3O5S. The number of aromatic nitrogens is 3. The van der Waals surface area contributed by atoms with E-state index in [0.717, 1.165) is 5.52 Å². The minimum atomic E-state index is -0.471. The second kappa shape index (κ2) is 9.60. The van der Waals surface area contributed by atoms with Gasteiger partial charge in [-0.05, 0) is 58.4 Å². The van der Waals surface area contributed by atoms with Gasteiger partial charge in [-0.1, -0.05) is 11.8 Å². The lowest BCUT2D eigenvalue weighted by molar-refractivity contribution is 0.0525. The van der Waals surface area contributed by atoms with Gasteiger partial charge in [-0.3, -0.25) is 4.79 Å². The van der Waals surface area contributed by atoms with Crippen molar-refractivity contribution in [3.8, 4) is 0 Å². The molecule has 0 aliphatic rings. The van der Waals surface area contributed by atoms with Crippen LogP contribution in [0.15, 0.2) is 23.4 Å². The van der Waals surface area contributed by atoms with E-state index < -0.39 is 17.2 Å². The molecule has 8 nitrogen and oxygen atoms in total. The van der Waals surface area contributed by atoms with E-state index in [4.69, 9.17) is 9.47 Å². The number of nitrogens with zero attached hydrogens (tertiary/aromatic N) is 2. The number of H-pyrrole nitrogens is 1. The van der Waals surface area contributed by atoms with Gasteiger partial charge in [0.15, 0.2) is 10.9 Å². The number of thioether (sulfide) groups is 1. The number of carbonyl (C=O) groups excluding carboxylic acids is 3. The van der Waals surface area contributed by atoms with E-state index in [9.17, 15) is 14.4 Å². The fourth-order valence-electron chi connectivity index (χ4n) is 3.66. The zero-order valence-corrected chi connectivity index (χ0v) is 19.9. The molecule has 2 aromatic heterocycles. The van der Waals surface area contributed by atoms with Crippen LogP contribution >= 0.6 is 11.8 Å². The average molecular weight is 458 g/mol. The number of benzene rings is 1. The number of aromatic amines is 1. The quantitative estimate of drug-likeness (QED) is 0.305. The Balaban J connectivity index is 1.91. The number of fused-ring (bicyclic) bond motifs is 1. The summed E-state index contributed by atoms with van der Waals surface area (Å²) in [5.74, 6) is -0.995. The summed E-state index contributed by atoms with van der Waals surface area (Å²) in [4.78, 5) is 45.0. The topological polar surface area (TPSA) is 103 Å². The first-order valence-corrected chi connectivity index (χ1v) is 11.3. The number of carbonyl (C=O) groups is 3. The second-order valence-corrected chi connectivity index (χ2v) is 8.61. The van der Waals surface area contributed by atoms with Gasteiger partial charge in [-0.15, -0.1) is 0 Å². The van der Waals surface area contributed by atoms with Gasteiger partial charge in [0.25, 0.3) is 0 Å². The fraction of sp³-hybridized carbons (Fsp3) is 0.391. The highest BCUT2D eigenvalue weighted by atomic mass is 32.2. The molecule has 3 aromatic rings. The Bertz CT molecular complexity index is 1190. The third-order valence-electron chi connectivity index (χ3n) is 5.27. The molecule has 3 rings (SSSR count). The number of nitrogens with one attached hydrogen (secondary N) is 1. The lowest BCUT2D eigenvalue weighted by Gasteiger charge is -2.11. The van der Waals surface area contributed by atoms with Crippen molar-refractivity contribution in [3.05, 3.63) is 46.3 Å². The van der Waals surface area contributed by atoms with Crippen LogP contribution in [-0.4, -0.2) is 51.2 Å². The molecule has 0 aliphatic carbocycles. The molecule has 1 N–H and O–H groups in total. The van der Waals surface area contributed by atoms with Gasteiger partial charge in [0.05, 0.1) is 46.8 Å². The smallest absolute Gasteiger partial charge is 0.339 e. The molecule has 0 spiro atoms. The molecule has 0 aliphatic heterocycles. The number of ether oxygens (including phenoxy) is 2. The van der Waals surface area contributed by atoms with Gasteiger partial charge in [-0.25, -0.2) is 14.6 Å². The molecule has 1 atom stereocenters. The van der Waals surface area contributed by atoms with Gasteiger partial charge >= 0.3 is 11.9 Å². The zero-order chi connectivity index (χ0) is 23.6. The number of imidazole rings is 1. The predicted octanol–water partition coefficient (Wildman–Crippen LogP) is 4.33. The summed E-state index contributed by atoms with van der Waals surface area (Å²) in [6.07, 6.45) is 0. The molecule has 1 aromatic carbocycles. The second-order valence-electron chi connectivity index (χ2n) is 7.30. The lowest BCUT2D eigenvalue weighted by Crippen LogP contribution is -2.16. The predicted molar refractivity (Wildman–Crippen MR) is 123 cm³/mol. The molecule has 0 saturated heterocycles. The molecule has 9 heteroatoms. The third kappa shape index (κ3) is 4.29. The molecular weight excluding hydrogens is 430 g/mol. The van der Waals surface area contributed by atoms with Crippen molar-refractivity contribution in [3.63, 3.8) is 0 Å². The number of esters is 2. The summed E-state index contributed by atoms with van der Waals surface area (Å²) >= 11 is 1.34. The first kappa shape index (κ1) is 23.6. The summed E-state index contributed by atoms with van der Waals surface area (Å²) in [5, 5.41) is 0.224. The molecule has 0 unspecified atom stereocenters. The number of rotatable bonds is 8. The van der Waals surface area contributed by atoms with Crippen molar-refractivity contribution in [2.75, 3.05) is 13.7 Å². The highest BCUT2D eigenvalue weighted by Gasteiger charge is 2.27. The van der Waals surface area contributed by atoms with Crippen LogP contribution in [0.3, 0.4) is 0 Å². The highest BCUT2D eigenvalue weighted by Crippen LogP contribution is 2.31. The molecule has 0 fully saturated rings. The van der Waals surface area contributed by atoms with Gasteiger partial charge in [0.2, 0.25) is 0 Å². The van der Waals surface area contributed by atoms with Crippen molar-refractivity contribution >= 4 is 40.5 Å². The Hall–Kier alpha value is -3.07. The van der Waals surface area contributed by atoms with E-state index in [0.29, 0.717) is 51.9 Å². The van der Waals surface area contributed by atoms with Crippen molar-refractivity contribution in [1.29, 1.82) is 0 Å². The Labute approximate surface area is 190 Å². The fourth-order valence-corrected chi connectivity index (χ4v) is 4.71. The number of hydrogen-bond donors (Lipinski definition) is 1. The Morgan fingerprint density at radius 1 is 1.19 bits per heavy atom. The zero-order valence-electron chi connectivity index (χ0n) is 19.1. The van der Waals surface area contributed by atoms with Crippen LogP contribution in [0, 0.1) is 13.8 Å². The molecule has 0 saturated carbocycles. The SMILES string of the molecule is CCOC(=O)c1ccc2c(c1)nc(S[C@H](C)C(=O)c1[nH]c(C)c(C(=O)OC)c1C)n2CC. The maximum absolute atomic E-state index is 13.2. The highest BCUT2D eigenvalue weighted by molar-refractivity contribution is 8.00. The number of aryl methyl sites for hydroxylation is 2. The van der Waals surface area contributed by atoms with Crippen molar-refractivity contribution in [2.24, 2.45) is 0 Å². The van der Waals surface area contributed by atoms with Gasteiger partial charge in [0, 0.05) is 12.2 Å². The van der Waals surface area contributed by atoms with Crippen molar-refractivity contribution in [1.82, 2.24) is 14.5 Å². The molecule has 2 heterocycles.